The normalized spacial score (nSPS) is 47.9. The lowest BCUT2D eigenvalue weighted by Crippen LogP contribution is -2.60. The topological polar surface area (TPSA) is 0 Å². The van der Waals surface area contributed by atoms with Crippen molar-refractivity contribution in [1.29, 1.82) is 0 Å². The van der Waals surface area contributed by atoms with Crippen LogP contribution < -0.4 is 0 Å². The molecular formula is C25H44F2. The summed E-state index contributed by atoms with van der Waals surface area (Å²) in [6.45, 7) is 11.0. The fraction of sp³-hybridized carbons (Fsp3) is 1.00. The Balaban J connectivity index is 0.00000102. The number of hydrogen-bond donors (Lipinski definition) is 0. The molecule has 27 heavy (non-hydrogen) atoms. The zero-order chi connectivity index (χ0) is 19.9. The van der Waals surface area contributed by atoms with Crippen LogP contribution in [-0.2, 0) is 0 Å². The summed E-state index contributed by atoms with van der Waals surface area (Å²) in [6.07, 6.45) is 13.2. The predicted molar refractivity (Wildman–Crippen MR) is 111 cm³/mol. The van der Waals surface area contributed by atoms with Crippen molar-refractivity contribution in [2.24, 2.45) is 40.4 Å². The number of rotatable bonds is 3. The Hall–Kier alpha value is -0.140. The minimum Gasteiger partial charge on any atom is -0.207 e. The van der Waals surface area contributed by atoms with Gasteiger partial charge in [-0.05, 0) is 79.4 Å². The first kappa shape index (κ1) is 21.6. The van der Waals surface area contributed by atoms with Crippen LogP contribution in [0.2, 0.25) is 0 Å². The van der Waals surface area contributed by atoms with Gasteiger partial charge in [-0.25, -0.2) is 8.78 Å². The zero-order valence-corrected chi connectivity index (χ0v) is 18.6. The molecule has 4 saturated carbocycles. The van der Waals surface area contributed by atoms with E-state index >= 15 is 8.78 Å². The summed E-state index contributed by atoms with van der Waals surface area (Å²) >= 11 is 0. The van der Waals surface area contributed by atoms with Crippen molar-refractivity contribution in [2.45, 2.75) is 118 Å². The van der Waals surface area contributed by atoms with Gasteiger partial charge >= 0.3 is 0 Å². The quantitative estimate of drug-likeness (QED) is 0.459. The van der Waals surface area contributed by atoms with E-state index in [4.69, 9.17) is 0 Å². The van der Waals surface area contributed by atoms with Gasteiger partial charge in [-0.1, -0.05) is 60.3 Å². The Morgan fingerprint density at radius 2 is 1.56 bits per heavy atom. The Morgan fingerprint density at radius 1 is 0.852 bits per heavy atom. The third-order valence-electron chi connectivity index (χ3n) is 9.68. The third kappa shape index (κ3) is 3.39. The summed E-state index contributed by atoms with van der Waals surface area (Å²) in [5.74, 6) is -1.20. The van der Waals surface area contributed by atoms with Crippen molar-refractivity contribution in [2.75, 3.05) is 0 Å². The highest BCUT2D eigenvalue weighted by atomic mass is 19.3. The maximum absolute atomic E-state index is 15.5. The molecule has 4 aliphatic rings. The first-order valence-electron chi connectivity index (χ1n) is 12.2. The van der Waals surface area contributed by atoms with Crippen LogP contribution >= 0.6 is 0 Å². The van der Waals surface area contributed by atoms with E-state index in [1.54, 1.807) is 0 Å². The van der Waals surface area contributed by atoms with Crippen molar-refractivity contribution < 1.29 is 8.78 Å². The molecular weight excluding hydrogens is 338 g/mol. The molecule has 0 spiro atoms. The second kappa shape index (κ2) is 7.94. The van der Waals surface area contributed by atoms with Gasteiger partial charge in [0.25, 0.3) is 5.92 Å². The molecule has 0 aromatic carbocycles. The lowest BCUT2D eigenvalue weighted by molar-refractivity contribution is -0.231. The molecule has 0 aliphatic heterocycles. The van der Waals surface area contributed by atoms with Gasteiger partial charge in [-0.3, -0.25) is 0 Å². The monoisotopic (exact) mass is 382 g/mol. The van der Waals surface area contributed by atoms with Crippen molar-refractivity contribution in [1.82, 2.24) is 0 Å². The largest absolute Gasteiger partial charge is 0.251 e. The lowest BCUT2D eigenvalue weighted by Gasteiger charge is -2.62. The first-order chi connectivity index (χ1) is 12.8. The van der Waals surface area contributed by atoms with E-state index in [9.17, 15) is 0 Å². The van der Waals surface area contributed by atoms with Crippen LogP contribution in [0.1, 0.15) is 112 Å². The van der Waals surface area contributed by atoms with Crippen molar-refractivity contribution in [3.8, 4) is 0 Å². The molecule has 0 N–H and O–H groups in total. The van der Waals surface area contributed by atoms with Gasteiger partial charge in [0.1, 0.15) is 0 Å². The zero-order valence-electron chi connectivity index (χ0n) is 18.6. The summed E-state index contributed by atoms with van der Waals surface area (Å²) in [6, 6.07) is 0. The van der Waals surface area contributed by atoms with Crippen LogP contribution in [0.25, 0.3) is 0 Å². The van der Waals surface area contributed by atoms with Gasteiger partial charge in [0.2, 0.25) is 0 Å². The maximum Gasteiger partial charge on any atom is 0.251 e. The summed E-state index contributed by atoms with van der Waals surface area (Å²) in [7, 11) is 0. The fourth-order valence-electron chi connectivity index (χ4n) is 8.22. The van der Waals surface area contributed by atoms with Gasteiger partial charge in [0, 0.05) is 12.3 Å². The standard InChI is InChI=1S/C23H38F2.C2H6/c1-4-5-8-16-10-11-18-20-19(12-14-22(16,18)3)21(2)13-7-6-9-17(21)15-23(20,24)25;1-2/h16-20H,4-15H2,1-3H3;1-2H3. The molecule has 0 amide bonds. The Bertz CT molecular complexity index is 501. The van der Waals surface area contributed by atoms with E-state index in [-0.39, 0.29) is 40.9 Å². The van der Waals surface area contributed by atoms with E-state index in [0.717, 1.165) is 19.3 Å². The lowest BCUT2D eigenvalue weighted by atomic mass is 9.44. The maximum atomic E-state index is 15.5. The summed E-state index contributed by atoms with van der Waals surface area (Å²) in [5, 5.41) is 0. The molecule has 2 heteroatoms. The van der Waals surface area contributed by atoms with Crippen molar-refractivity contribution in [3.05, 3.63) is 0 Å². The fourth-order valence-corrected chi connectivity index (χ4v) is 8.22. The smallest absolute Gasteiger partial charge is 0.207 e. The predicted octanol–water partition coefficient (Wildman–Crippen LogP) is 8.50. The molecule has 0 saturated heterocycles. The SMILES string of the molecule is CC.CCCCC1CCC2C3C(CCC12C)C1(C)CCCCC1CC3(F)F. The van der Waals surface area contributed by atoms with E-state index in [1.807, 2.05) is 13.8 Å². The average molecular weight is 383 g/mol. The molecule has 4 fully saturated rings. The molecule has 4 rings (SSSR count). The van der Waals surface area contributed by atoms with Crippen LogP contribution in [0, 0.1) is 40.4 Å². The van der Waals surface area contributed by atoms with E-state index in [0.29, 0.717) is 5.92 Å². The summed E-state index contributed by atoms with van der Waals surface area (Å²) in [5.41, 5.74) is 0.394. The third-order valence-corrected chi connectivity index (χ3v) is 9.68. The van der Waals surface area contributed by atoms with E-state index < -0.39 is 5.92 Å². The number of halogens is 2. The first-order valence-corrected chi connectivity index (χ1v) is 12.2. The molecule has 158 valence electrons. The molecule has 0 bridgehead atoms. The van der Waals surface area contributed by atoms with Crippen LogP contribution in [0.15, 0.2) is 0 Å². The average Bonchev–Trinajstić information content (AvgIpc) is 2.98. The van der Waals surface area contributed by atoms with Gasteiger partial charge in [-0.2, -0.15) is 0 Å². The van der Waals surface area contributed by atoms with Crippen LogP contribution in [0.5, 0.6) is 0 Å². The van der Waals surface area contributed by atoms with Gasteiger partial charge < -0.3 is 0 Å². The summed E-state index contributed by atoms with van der Waals surface area (Å²) in [4.78, 5) is 0. The molecule has 4 aliphatic carbocycles. The highest BCUT2D eigenvalue weighted by molar-refractivity contribution is 5.12. The Morgan fingerprint density at radius 3 is 2.26 bits per heavy atom. The highest BCUT2D eigenvalue weighted by Crippen LogP contribution is 2.70. The molecule has 0 aromatic heterocycles. The highest BCUT2D eigenvalue weighted by Gasteiger charge is 2.67. The van der Waals surface area contributed by atoms with Gasteiger partial charge in [-0.15, -0.1) is 0 Å². The van der Waals surface area contributed by atoms with Crippen molar-refractivity contribution in [3.63, 3.8) is 0 Å². The Labute approximate surface area is 167 Å². The number of alkyl halides is 2. The minimum atomic E-state index is -2.42. The molecule has 7 unspecified atom stereocenters. The summed E-state index contributed by atoms with van der Waals surface area (Å²) < 4.78 is 30.9. The molecule has 7 atom stereocenters. The van der Waals surface area contributed by atoms with E-state index in [1.165, 1.54) is 51.4 Å². The molecule has 0 heterocycles. The second-order valence-corrected chi connectivity index (χ2v) is 10.6. The minimum absolute atomic E-state index is 0.191. The molecule has 0 aromatic rings. The number of unbranched alkanes of at least 4 members (excludes halogenated alkanes) is 1. The van der Waals surface area contributed by atoms with Gasteiger partial charge in [0.05, 0.1) is 0 Å². The molecule has 0 nitrogen and oxygen atoms in total. The number of fused-ring (bicyclic) bond motifs is 5. The van der Waals surface area contributed by atoms with Crippen LogP contribution in [0.4, 0.5) is 8.78 Å². The number of hydrogen-bond acceptors (Lipinski definition) is 0. The van der Waals surface area contributed by atoms with Crippen LogP contribution in [-0.4, -0.2) is 5.92 Å². The van der Waals surface area contributed by atoms with Gasteiger partial charge in [0.15, 0.2) is 0 Å². The Kier molecular flexibility index (Phi) is 6.34. The van der Waals surface area contributed by atoms with Crippen LogP contribution in [0.3, 0.4) is 0 Å². The molecule has 0 radical (unpaired) electrons. The van der Waals surface area contributed by atoms with E-state index in [2.05, 4.69) is 20.8 Å². The second-order valence-electron chi connectivity index (χ2n) is 10.6. The van der Waals surface area contributed by atoms with Crippen molar-refractivity contribution >= 4 is 0 Å².